The van der Waals surface area contributed by atoms with Crippen LogP contribution in [0, 0.1) is 12.8 Å². The van der Waals surface area contributed by atoms with E-state index >= 15 is 0 Å². The maximum Gasteiger partial charge on any atom is 0.327 e. The minimum Gasteiger partial charge on any atom is -0.480 e. The topological polar surface area (TPSA) is 138 Å². The van der Waals surface area contributed by atoms with E-state index in [9.17, 15) is 28.2 Å². The maximum absolute atomic E-state index is 13.7. The minimum atomic E-state index is -4.49. The Morgan fingerprint density at radius 3 is 2.15 bits per heavy atom. The largest absolute Gasteiger partial charge is 0.480 e. The summed E-state index contributed by atoms with van der Waals surface area (Å²) in [6.45, 7) is 4.20. The predicted octanol–water partition coefficient (Wildman–Crippen LogP) is 3.36. The summed E-state index contributed by atoms with van der Waals surface area (Å²) < 4.78 is 27.7. The molecule has 1 aromatic rings. The summed E-state index contributed by atoms with van der Waals surface area (Å²) in [7, 11) is -4.49. The molecular formula is C24H40N2O6S2. The molecule has 0 aliphatic carbocycles. The van der Waals surface area contributed by atoms with Crippen molar-refractivity contribution in [3.8, 4) is 0 Å². The highest BCUT2D eigenvalue weighted by atomic mass is 32.2. The molecule has 0 saturated heterocycles. The molecule has 3 atom stereocenters. The van der Waals surface area contributed by atoms with E-state index in [0.717, 1.165) is 31.2 Å². The van der Waals surface area contributed by atoms with Crippen LogP contribution < -0.4 is 5.73 Å². The molecule has 0 aliphatic heterocycles. The molecule has 4 N–H and O–H groups in total. The molecule has 1 amide bonds. The SMILES string of the molecule is CCCCCCCC(C(=O)N([C@@H](CCCCN)C(=O)O)S(=O)(=O)c1ccc(C)cc1)C(O)CS. The van der Waals surface area contributed by atoms with E-state index in [0.29, 0.717) is 30.1 Å². The monoisotopic (exact) mass is 516 g/mol. The molecule has 0 aromatic heterocycles. The van der Waals surface area contributed by atoms with E-state index in [4.69, 9.17) is 5.73 Å². The van der Waals surface area contributed by atoms with Crippen molar-refractivity contribution >= 4 is 34.5 Å². The standard InChI is InChI=1S/C24H40N2O6S2/c1-3-4-5-6-7-10-20(22(27)17-33)23(28)26(21(24(29)30)11-8-9-16-25)34(31,32)19-14-12-18(2)13-15-19/h12-15,20-22,27,33H,3-11,16-17,25H2,1-2H3,(H,29,30)/t20?,21-,22?/m0/s1. The second-order valence-electron chi connectivity index (χ2n) is 8.65. The summed E-state index contributed by atoms with van der Waals surface area (Å²) in [6.07, 6.45) is 4.34. The average Bonchev–Trinajstić information content (AvgIpc) is 2.80. The quantitative estimate of drug-likeness (QED) is 0.184. The second kappa shape index (κ2) is 15.4. The number of hydrogen-bond acceptors (Lipinski definition) is 7. The number of unbranched alkanes of at least 4 members (excludes halogenated alkanes) is 5. The van der Waals surface area contributed by atoms with Crippen molar-refractivity contribution in [1.29, 1.82) is 0 Å². The lowest BCUT2D eigenvalue weighted by molar-refractivity contribution is -0.149. The van der Waals surface area contributed by atoms with Crippen LogP contribution in [-0.4, -0.2) is 59.3 Å². The molecule has 0 saturated carbocycles. The summed E-state index contributed by atoms with van der Waals surface area (Å²) >= 11 is 4.11. The third-order valence-corrected chi connectivity index (χ3v) is 8.08. The van der Waals surface area contributed by atoms with E-state index in [1.165, 1.54) is 12.1 Å². The number of carbonyl (C=O) groups excluding carboxylic acids is 1. The number of nitrogens with zero attached hydrogens (tertiary/aromatic N) is 1. The molecule has 0 radical (unpaired) electrons. The number of carbonyl (C=O) groups is 2. The van der Waals surface area contributed by atoms with Crippen molar-refractivity contribution in [3.05, 3.63) is 29.8 Å². The first-order valence-electron chi connectivity index (χ1n) is 12.0. The molecule has 0 spiro atoms. The zero-order valence-corrected chi connectivity index (χ0v) is 21.9. The molecule has 1 rings (SSSR count). The van der Waals surface area contributed by atoms with Crippen LogP contribution in [-0.2, 0) is 19.6 Å². The number of sulfonamides is 1. The van der Waals surface area contributed by atoms with Gasteiger partial charge < -0.3 is 15.9 Å². The summed E-state index contributed by atoms with van der Waals surface area (Å²) in [4.78, 5) is 25.7. The highest BCUT2D eigenvalue weighted by molar-refractivity contribution is 7.89. The summed E-state index contributed by atoms with van der Waals surface area (Å²) in [5.74, 6) is -3.44. The van der Waals surface area contributed by atoms with Gasteiger partial charge >= 0.3 is 5.97 Å². The van der Waals surface area contributed by atoms with Crippen molar-refractivity contribution in [1.82, 2.24) is 4.31 Å². The molecule has 194 valence electrons. The van der Waals surface area contributed by atoms with Gasteiger partial charge in [0.15, 0.2) is 0 Å². The molecule has 8 nitrogen and oxygen atoms in total. The van der Waals surface area contributed by atoms with E-state index in [1.807, 2.05) is 0 Å². The Morgan fingerprint density at radius 1 is 1.03 bits per heavy atom. The number of aliphatic hydroxyl groups is 1. The van der Waals surface area contributed by atoms with Gasteiger partial charge in [-0.3, -0.25) is 4.79 Å². The number of aliphatic hydroxyl groups excluding tert-OH is 1. The zero-order chi connectivity index (χ0) is 25.7. The Bertz CT molecular complexity index is 861. The van der Waals surface area contributed by atoms with Crippen LogP contribution in [0.4, 0.5) is 0 Å². The summed E-state index contributed by atoms with van der Waals surface area (Å²) in [5.41, 5.74) is 6.35. The Hall–Kier alpha value is -1.62. The number of benzene rings is 1. The van der Waals surface area contributed by atoms with Crippen molar-refractivity contribution in [3.63, 3.8) is 0 Å². The third-order valence-electron chi connectivity index (χ3n) is 5.88. The highest BCUT2D eigenvalue weighted by Crippen LogP contribution is 2.28. The lowest BCUT2D eigenvalue weighted by atomic mass is 9.94. The van der Waals surface area contributed by atoms with Gasteiger partial charge in [0.2, 0.25) is 5.91 Å². The number of amides is 1. The van der Waals surface area contributed by atoms with Crippen LogP contribution in [0.15, 0.2) is 29.2 Å². The molecule has 0 bridgehead atoms. The van der Waals surface area contributed by atoms with Gasteiger partial charge in [-0.25, -0.2) is 17.5 Å². The van der Waals surface area contributed by atoms with Crippen LogP contribution in [0.5, 0.6) is 0 Å². The van der Waals surface area contributed by atoms with Crippen LogP contribution in [0.25, 0.3) is 0 Å². The molecule has 0 heterocycles. The number of aliphatic carboxylic acids is 1. The minimum absolute atomic E-state index is 0.0469. The van der Waals surface area contributed by atoms with Gasteiger partial charge in [0.05, 0.1) is 16.9 Å². The molecule has 0 fully saturated rings. The van der Waals surface area contributed by atoms with Crippen molar-refractivity contribution < 1.29 is 28.2 Å². The van der Waals surface area contributed by atoms with E-state index in [1.54, 1.807) is 19.1 Å². The maximum atomic E-state index is 13.7. The average molecular weight is 517 g/mol. The van der Waals surface area contributed by atoms with Crippen LogP contribution >= 0.6 is 12.6 Å². The number of nitrogens with two attached hydrogens (primary N) is 1. The fraction of sp³-hybridized carbons (Fsp3) is 0.667. The Labute approximate surface area is 209 Å². The number of aryl methyl sites for hydroxylation is 1. The number of hydrogen-bond donors (Lipinski definition) is 4. The number of thiol groups is 1. The Kier molecular flexibility index (Phi) is 13.8. The molecule has 34 heavy (non-hydrogen) atoms. The summed E-state index contributed by atoms with van der Waals surface area (Å²) in [6, 6.07) is 4.30. The molecule has 10 heteroatoms. The van der Waals surface area contributed by atoms with Gasteiger partial charge in [-0.15, -0.1) is 0 Å². The van der Waals surface area contributed by atoms with Crippen molar-refractivity contribution in [2.75, 3.05) is 12.3 Å². The first-order valence-corrected chi connectivity index (χ1v) is 14.1. The van der Waals surface area contributed by atoms with Gasteiger partial charge in [0, 0.05) is 5.75 Å². The Balaban J connectivity index is 3.42. The molecule has 0 aliphatic rings. The van der Waals surface area contributed by atoms with Crippen LogP contribution in [0.2, 0.25) is 0 Å². The molecule has 2 unspecified atom stereocenters. The number of rotatable bonds is 17. The predicted molar refractivity (Wildman–Crippen MR) is 136 cm³/mol. The zero-order valence-electron chi connectivity index (χ0n) is 20.2. The normalized spacial score (nSPS) is 14.4. The van der Waals surface area contributed by atoms with Crippen LogP contribution in [0.1, 0.15) is 70.3 Å². The lowest BCUT2D eigenvalue weighted by Gasteiger charge is -2.33. The van der Waals surface area contributed by atoms with E-state index < -0.39 is 40.0 Å². The van der Waals surface area contributed by atoms with E-state index in [2.05, 4.69) is 19.6 Å². The highest BCUT2D eigenvalue weighted by Gasteiger charge is 2.43. The second-order valence-corrected chi connectivity index (χ2v) is 10.8. The molecular weight excluding hydrogens is 476 g/mol. The van der Waals surface area contributed by atoms with Gasteiger partial charge in [0.25, 0.3) is 10.0 Å². The smallest absolute Gasteiger partial charge is 0.327 e. The fourth-order valence-electron chi connectivity index (χ4n) is 3.83. The van der Waals surface area contributed by atoms with Gasteiger partial charge in [-0.1, -0.05) is 56.7 Å². The first-order chi connectivity index (χ1) is 16.1. The lowest BCUT2D eigenvalue weighted by Crippen LogP contribution is -2.52. The van der Waals surface area contributed by atoms with Gasteiger partial charge in [-0.05, 0) is 51.3 Å². The number of carboxylic acid groups (broad SMARTS) is 1. The van der Waals surface area contributed by atoms with Crippen molar-refractivity contribution in [2.45, 2.75) is 88.7 Å². The first kappa shape index (κ1) is 30.4. The molecule has 1 aromatic carbocycles. The van der Waals surface area contributed by atoms with Gasteiger partial charge in [0.1, 0.15) is 6.04 Å². The fourth-order valence-corrected chi connectivity index (χ4v) is 5.69. The Morgan fingerprint density at radius 2 is 1.62 bits per heavy atom. The summed E-state index contributed by atoms with van der Waals surface area (Å²) in [5, 5.41) is 20.5. The van der Waals surface area contributed by atoms with Crippen molar-refractivity contribution in [2.24, 2.45) is 11.7 Å². The van der Waals surface area contributed by atoms with Gasteiger partial charge in [-0.2, -0.15) is 12.6 Å². The van der Waals surface area contributed by atoms with E-state index in [-0.39, 0.29) is 23.5 Å². The number of carboxylic acids is 1. The third kappa shape index (κ3) is 8.87. The van der Waals surface area contributed by atoms with Crippen LogP contribution in [0.3, 0.4) is 0 Å².